The molecule has 0 radical (unpaired) electrons. The van der Waals surface area contributed by atoms with Crippen molar-refractivity contribution in [1.82, 2.24) is 21.3 Å². The van der Waals surface area contributed by atoms with Crippen molar-refractivity contribution >= 4 is 41.5 Å². The third-order valence-electron chi connectivity index (χ3n) is 7.43. The van der Waals surface area contributed by atoms with E-state index in [2.05, 4.69) is 21.3 Å². The van der Waals surface area contributed by atoms with Crippen LogP contribution in [0.5, 0.6) is 0 Å². The lowest BCUT2D eigenvalue weighted by Crippen LogP contribution is -2.59. The first-order chi connectivity index (χ1) is 23.3. The molecule has 16 nitrogen and oxygen atoms in total. The lowest BCUT2D eigenvalue weighted by molar-refractivity contribution is -0.142. The second-order valence-electron chi connectivity index (χ2n) is 11.5. The van der Waals surface area contributed by atoms with Gasteiger partial charge in [-0.25, -0.2) is 4.79 Å². The molecule has 16 heteroatoms. The Morgan fingerprint density at radius 1 is 0.612 bits per heavy atom. The second kappa shape index (κ2) is 20.8. The van der Waals surface area contributed by atoms with Crippen molar-refractivity contribution in [3.05, 3.63) is 71.8 Å². The van der Waals surface area contributed by atoms with Crippen LogP contribution >= 0.6 is 0 Å². The third kappa shape index (κ3) is 15.0. The molecule has 2 aromatic rings. The van der Waals surface area contributed by atoms with Crippen LogP contribution in [-0.4, -0.2) is 88.4 Å². The van der Waals surface area contributed by atoms with Gasteiger partial charge in [0.25, 0.3) is 0 Å². The van der Waals surface area contributed by atoms with Crippen LogP contribution in [0.4, 0.5) is 0 Å². The van der Waals surface area contributed by atoms with Gasteiger partial charge in [0.15, 0.2) is 0 Å². The Bertz CT molecular complexity index is 1430. The minimum Gasteiger partial charge on any atom is -0.481 e. The SMILES string of the molecule is NCCCC[C@H](NC(=O)[C@H](CC(N)=O)NC(=O)[C@H](CCC(=O)O)NC(=O)[C@@H](N)Cc1ccccc1)C(=O)N[C@@H](Cc1ccccc1)C(=O)O. The third-order valence-corrected chi connectivity index (χ3v) is 7.43. The van der Waals surface area contributed by atoms with E-state index in [-0.39, 0.29) is 32.2 Å². The van der Waals surface area contributed by atoms with Crippen molar-refractivity contribution in [1.29, 1.82) is 0 Å². The van der Waals surface area contributed by atoms with Gasteiger partial charge in [0, 0.05) is 12.8 Å². The van der Waals surface area contributed by atoms with Crippen molar-refractivity contribution in [3.63, 3.8) is 0 Å². The van der Waals surface area contributed by atoms with Crippen molar-refractivity contribution in [2.75, 3.05) is 6.54 Å². The van der Waals surface area contributed by atoms with Crippen LogP contribution in [0.25, 0.3) is 0 Å². The number of carbonyl (C=O) groups is 7. The van der Waals surface area contributed by atoms with Gasteiger partial charge >= 0.3 is 11.9 Å². The van der Waals surface area contributed by atoms with E-state index in [1.807, 2.05) is 0 Å². The van der Waals surface area contributed by atoms with E-state index in [1.165, 1.54) is 0 Å². The smallest absolute Gasteiger partial charge is 0.326 e. The normalized spacial score (nSPS) is 13.8. The number of primary amides is 1. The van der Waals surface area contributed by atoms with Crippen molar-refractivity contribution in [3.8, 4) is 0 Å². The highest BCUT2D eigenvalue weighted by atomic mass is 16.4. The molecule has 0 aromatic heterocycles. The van der Waals surface area contributed by atoms with Crippen LogP contribution in [-0.2, 0) is 46.4 Å². The quantitative estimate of drug-likeness (QED) is 0.0657. The number of hydrogen-bond acceptors (Lipinski definition) is 9. The predicted molar refractivity (Wildman–Crippen MR) is 177 cm³/mol. The van der Waals surface area contributed by atoms with Crippen molar-refractivity contribution in [2.24, 2.45) is 17.2 Å². The van der Waals surface area contributed by atoms with Gasteiger partial charge in [-0.05, 0) is 49.8 Å². The molecule has 12 N–H and O–H groups in total. The van der Waals surface area contributed by atoms with Crippen LogP contribution in [0.1, 0.15) is 49.7 Å². The standard InChI is InChI=1S/C33H45N7O9/c34-16-8-7-13-23(30(45)40-26(33(48)49)18-21-11-5-2-6-12-21)38-32(47)25(19-27(36)41)39-31(46)24(14-15-28(42)43)37-29(44)22(35)17-20-9-3-1-4-10-20/h1-6,9-12,22-26H,7-8,13-19,34-35H2,(H2,36,41)(H,37,44)(H,38,47)(H,39,46)(H,40,45)(H,42,43)(H,48,49)/t22-,23-,24-,25-,26-/m0/s1. The van der Waals surface area contributed by atoms with E-state index in [1.54, 1.807) is 60.7 Å². The zero-order chi connectivity index (χ0) is 36.3. The minimum atomic E-state index is -1.64. The zero-order valence-electron chi connectivity index (χ0n) is 27.0. The zero-order valence-corrected chi connectivity index (χ0v) is 27.0. The van der Waals surface area contributed by atoms with Gasteiger partial charge in [-0.15, -0.1) is 0 Å². The van der Waals surface area contributed by atoms with Gasteiger partial charge in [-0.1, -0.05) is 60.7 Å². The monoisotopic (exact) mass is 683 g/mol. The summed E-state index contributed by atoms with van der Waals surface area (Å²) in [5.74, 6) is -7.14. The van der Waals surface area contributed by atoms with Crippen LogP contribution in [0.2, 0.25) is 0 Å². The molecule has 0 fully saturated rings. The van der Waals surface area contributed by atoms with E-state index in [0.29, 0.717) is 18.4 Å². The summed E-state index contributed by atoms with van der Waals surface area (Å²) >= 11 is 0. The number of rotatable bonds is 22. The molecule has 0 bridgehead atoms. The maximum Gasteiger partial charge on any atom is 0.326 e. The molecule has 2 rings (SSSR count). The number of nitrogens with two attached hydrogens (primary N) is 3. The fourth-order valence-electron chi connectivity index (χ4n) is 4.81. The summed E-state index contributed by atoms with van der Waals surface area (Å²) in [5, 5.41) is 28.6. The molecular formula is C33H45N7O9. The lowest BCUT2D eigenvalue weighted by atomic mass is 10.0. The van der Waals surface area contributed by atoms with Crippen LogP contribution < -0.4 is 38.5 Å². The van der Waals surface area contributed by atoms with E-state index < -0.39 is 84.5 Å². The summed E-state index contributed by atoms with van der Waals surface area (Å²) in [4.78, 5) is 88.2. The Balaban J connectivity index is 2.22. The molecule has 2 aromatic carbocycles. The van der Waals surface area contributed by atoms with Gasteiger partial charge in [-0.3, -0.25) is 28.8 Å². The van der Waals surface area contributed by atoms with Crippen LogP contribution in [0, 0.1) is 0 Å². The van der Waals surface area contributed by atoms with Gasteiger partial charge in [0.1, 0.15) is 24.2 Å². The number of carboxylic acids is 2. The van der Waals surface area contributed by atoms with Crippen LogP contribution in [0.3, 0.4) is 0 Å². The van der Waals surface area contributed by atoms with E-state index in [9.17, 15) is 43.8 Å². The maximum atomic E-state index is 13.4. The molecule has 0 aliphatic rings. The molecule has 0 unspecified atom stereocenters. The first-order valence-corrected chi connectivity index (χ1v) is 15.8. The summed E-state index contributed by atoms with van der Waals surface area (Å²) in [7, 11) is 0. The largest absolute Gasteiger partial charge is 0.481 e. The first kappa shape index (κ1) is 39.8. The summed E-state index contributed by atoms with van der Waals surface area (Å²) in [6, 6.07) is 10.6. The Morgan fingerprint density at radius 2 is 1.08 bits per heavy atom. The average Bonchev–Trinajstić information content (AvgIpc) is 3.05. The Hall–Kier alpha value is -5.35. The van der Waals surface area contributed by atoms with Gasteiger partial charge in [-0.2, -0.15) is 0 Å². The number of amides is 5. The number of nitrogens with one attached hydrogen (secondary N) is 4. The molecular weight excluding hydrogens is 638 g/mol. The van der Waals surface area contributed by atoms with E-state index >= 15 is 0 Å². The van der Waals surface area contributed by atoms with E-state index in [4.69, 9.17) is 17.2 Å². The number of unbranched alkanes of at least 4 members (excludes halogenated alkanes) is 1. The molecule has 5 amide bonds. The Kier molecular flexibility index (Phi) is 16.9. The second-order valence-corrected chi connectivity index (χ2v) is 11.5. The highest BCUT2D eigenvalue weighted by Gasteiger charge is 2.32. The van der Waals surface area contributed by atoms with E-state index in [0.717, 1.165) is 5.56 Å². The summed E-state index contributed by atoms with van der Waals surface area (Å²) < 4.78 is 0. The molecule has 0 aliphatic carbocycles. The number of benzene rings is 2. The van der Waals surface area contributed by atoms with Gasteiger partial charge < -0.3 is 48.7 Å². The topological polar surface area (TPSA) is 286 Å². The maximum absolute atomic E-state index is 13.4. The molecule has 0 heterocycles. The highest BCUT2D eigenvalue weighted by molar-refractivity contribution is 5.97. The first-order valence-electron chi connectivity index (χ1n) is 15.8. The number of aliphatic carboxylic acids is 2. The molecule has 5 atom stereocenters. The summed E-state index contributed by atoms with van der Waals surface area (Å²) in [5.41, 5.74) is 18.3. The van der Waals surface area contributed by atoms with Gasteiger partial charge in [0.2, 0.25) is 29.5 Å². The minimum absolute atomic E-state index is 0.0375. The Morgan fingerprint density at radius 3 is 1.59 bits per heavy atom. The number of carboxylic acid groups (broad SMARTS) is 2. The molecule has 0 spiro atoms. The van der Waals surface area contributed by atoms with Crippen molar-refractivity contribution in [2.45, 2.75) is 81.6 Å². The fraction of sp³-hybridized carbons (Fsp3) is 0.424. The summed E-state index contributed by atoms with van der Waals surface area (Å²) in [6.07, 6.45) is -0.657. The number of hydrogen-bond donors (Lipinski definition) is 9. The molecule has 266 valence electrons. The van der Waals surface area contributed by atoms with Gasteiger partial charge in [0.05, 0.1) is 12.5 Å². The molecule has 49 heavy (non-hydrogen) atoms. The fourth-order valence-corrected chi connectivity index (χ4v) is 4.81. The molecule has 0 saturated heterocycles. The molecule has 0 aliphatic heterocycles. The Labute approximate surface area is 283 Å². The van der Waals surface area contributed by atoms with Crippen LogP contribution in [0.15, 0.2) is 60.7 Å². The number of carbonyl (C=O) groups excluding carboxylic acids is 5. The highest BCUT2D eigenvalue weighted by Crippen LogP contribution is 2.09. The van der Waals surface area contributed by atoms with Crippen molar-refractivity contribution < 1.29 is 43.8 Å². The molecule has 0 saturated carbocycles. The predicted octanol–water partition coefficient (Wildman–Crippen LogP) is -1.31. The lowest BCUT2D eigenvalue weighted by Gasteiger charge is -2.26. The average molecular weight is 684 g/mol. The summed E-state index contributed by atoms with van der Waals surface area (Å²) in [6.45, 7) is 0.285.